The average molecular weight is 207 g/mol. The first-order valence-corrected chi connectivity index (χ1v) is 1.80. The maximum Gasteiger partial charge on any atom is 0.408 e. The van der Waals surface area contributed by atoms with Crippen molar-refractivity contribution in [2.45, 2.75) is 0 Å². The van der Waals surface area contributed by atoms with Crippen molar-refractivity contribution in [3.63, 3.8) is 0 Å². The number of hydrogen-bond acceptors (Lipinski definition) is 4. The molecule has 0 aliphatic carbocycles. The summed E-state index contributed by atoms with van der Waals surface area (Å²) in [6, 6.07) is 1.89. The number of nitrogens with zero attached hydrogens (tertiary/aromatic N) is 2. The molecule has 0 radical (unpaired) electrons. The van der Waals surface area contributed by atoms with E-state index in [2.05, 4.69) is 0 Å². The van der Waals surface area contributed by atoms with Crippen molar-refractivity contribution >= 4 is 11.9 Å². The molecule has 11 heavy (non-hydrogen) atoms. The molecule has 0 bridgehead atoms. The molecule has 2 N–H and O–H groups in total. The van der Waals surface area contributed by atoms with E-state index in [-0.39, 0.29) is 19.5 Å². The number of carboxylic acids is 2. The molecule has 0 heterocycles. The van der Waals surface area contributed by atoms with Gasteiger partial charge in [0, 0.05) is 19.5 Å². The van der Waals surface area contributed by atoms with E-state index in [0.717, 1.165) is 12.1 Å². The van der Waals surface area contributed by atoms with E-state index in [4.69, 9.17) is 30.3 Å². The maximum atomic E-state index is 9.01. The second-order valence-corrected chi connectivity index (χ2v) is 0.834. The first-order chi connectivity index (χ1) is 4.54. The van der Waals surface area contributed by atoms with Crippen molar-refractivity contribution in [1.82, 2.24) is 0 Å². The molecule has 7 heteroatoms. The summed E-state index contributed by atoms with van der Waals surface area (Å²) in [7, 11) is 0. The Kier molecular flexibility index (Phi) is 16.8. The normalized spacial score (nSPS) is 4.91. The van der Waals surface area contributed by atoms with Crippen molar-refractivity contribution in [3.8, 4) is 12.1 Å². The zero-order chi connectivity index (χ0) is 8.57. The van der Waals surface area contributed by atoms with Crippen LogP contribution in [0, 0.1) is 22.7 Å². The summed E-state index contributed by atoms with van der Waals surface area (Å²) in [6.45, 7) is 0. The van der Waals surface area contributed by atoms with E-state index in [1.54, 1.807) is 0 Å². The quantitative estimate of drug-likeness (QED) is 0.304. The van der Waals surface area contributed by atoms with Crippen molar-refractivity contribution in [2.24, 2.45) is 0 Å². The molecule has 0 saturated heterocycles. The SMILES string of the molecule is N#CC(=O)O.N#CC(=O)O.[Zn]. The number of aliphatic carboxylic acids is 2. The summed E-state index contributed by atoms with van der Waals surface area (Å²) in [4.78, 5) is 18.0. The average Bonchev–Trinajstić information content (AvgIpc) is 1.89. The van der Waals surface area contributed by atoms with E-state index in [0.29, 0.717) is 0 Å². The van der Waals surface area contributed by atoms with E-state index < -0.39 is 11.9 Å². The molecule has 6 nitrogen and oxygen atoms in total. The van der Waals surface area contributed by atoms with Crippen LogP contribution in [0.25, 0.3) is 0 Å². The molecular weight excluding hydrogens is 205 g/mol. The molecule has 0 unspecified atom stereocenters. The number of carbonyl (C=O) groups is 2. The van der Waals surface area contributed by atoms with E-state index in [1.165, 1.54) is 0 Å². The van der Waals surface area contributed by atoms with Crippen LogP contribution in [0.1, 0.15) is 0 Å². The van der Waals surface area contributed by atoms with Gasteiger partial charge in [0.2, 0.25) is 0 Å². The number of nitriles is 2. The van der Waals surface area contributed by atoms with Gasteiger partial charge >= 0.3 is 11.9 Å². The summed E-state index contributed by atoms with van der Waals surface area (Å²) in [5, 5.41) is 29.3. The zero-order valence-corrected chi connectivity index (χ0v) is 8.28. The van der Waals surface area contributed by atoms with Gasteiger partial charge in [0.05, 0.1) is 0 Å². The Labute approximate surface area is 74.4 Å². The number of hydrogen-bond donors (Lipinski definition) is 2. The van der Waals surface area contributed by atoms with Crippen LogP contribution in [0.2, 0.25) is 0 Å². The Morgan fingerprint density at radius 1 is 1.00 bits per heavy atom. The minimum absolute atomic E-state index is 0. The van der Waals surface area contributed by atoms with Crippen LogP contribution in [0.3, 0.4) is 0 Å². The van der Waals surface area contributed by atoms with Gasteiger partial charge in [0.15, 0.2) is 12.1 Å². The molecule has 0 fully saturated rings. The van der Waals surface area contributed by atoms with Crippen LogP contribution < -0.4 is 0 Å². The largest absolute Gasteiger partial charge is 0.470 e. The Morgan fingerprint density at radius 2 is 1.09 bits per heavy atom. The van der Waals surface area contributed by atoms with E-state index in [9.17, 15) is 0 Å². The Hall–Kier alpha value is -1.46. The third kappa shape index (κ3) is 56.5. The number of rotatable bonds is 0. The molecule has 0 aromatic rings. The van der Waals surface area contributed by atoms with Gasteiger partial charge in [0.25, 0.3) is 0 Å². The second-order valence-electron chi connectivity index (χ2n) is 0.834. The molecule has 54 valence electrons. The van der Waals surface area contributed by atoms with Gasteiger partial charge in [-0.25, -0.2) is 9.59 Å². The molecule has 0 spiro atoms. The van der Waals surface area contributed by atoms with Crippen molar-refractivity contribution in [1.29, 1.82) is 10.5 Å². The Balaban J connectivity index is -0.000000107. The first-order valence-electron chi connectivity index (χ1n) is 1.80. The summed E-state index contributed by atoms with van der Waals surface area (Å²) >= 11 is 0. The topological polar surface area (TPSA) is 122 Å². The predicted molar refractivity (Wildman–Crippen MR) is 26.5 cm³/mol. The van der Waals surface area contributed by atoms with Gasteiger partial charge in [-0.3, -0.25) is 0 Å². The van der Waals surface area contributed by atoms with Crippen LogP contribution in [0.15, 0.2) is 0 Å². The van der Waals surface area contributed by atoms with Crippen LogP contribution in [0.5, 0.6) is 0 Å². The van der Waals surface area contributed by atoms with Gasteiger partial charge < -0.3 is 10.2 Å². The van der Waals surface area contributed by atoms with Crippen molar-refractivity contribution in [2.75, 3.05) is 0 Å². The Bertz CT molecular complexity index is 189. The molecular formula is C4H2N2O4Zn. The zero-order valence-electron chi connectivity index (χ0n) is 5.31. The second kappa shape index (κ2) is 11.4. The minimum atomic E-state index is -1.44. The molecule has 0 aromatic heterocycles. The van der Waals surface area contributed by atoms with Gasteiger partial charge in [-0.2, -0.15) is 10.5 Å². The summed E-state index contributed by atoms with van der Waals surface area (Å²) in [5.74, 6) is -2.88. The fourth-order valence-corrected chi connectivity index (χ4v) is 0. The van der Waals surface area contributed by atoms with Crippen molar-refractivity contribution in [3.05, 3.63) is 0 Å². The van der Waals surface area contributed by atoms with Crippen LogP contribution in [-0.2, 0) is 29.1 Å². The number of carboxylic acid groups (broad SMARTS) is 2. The van der Waals surface area contributed by atoms with E-state index in [1.807, 2.05) is 0 Å². The standard InChI is InChI=1S/2C2HNO2.Zn/c2*3-1-2(4)5;/h2*(H,4,5);. The minimum Gasteiger partial charge on any atom is -0.470 e. The third-order valence-corrected chi connectivity index (χ3v) is 0.191. The maximum absolute atomic E-state index is 9.01. The Morgan fingerprint density at radius 3 is 1.09 bits per heavy atom. The van der Waals surface area contributed by atoms with Gasteiger partial charge in [-0.05, 0) is 0 Å². The smallest absolute Gasteiger partial charge is 0.408 e. The molecule has 0 aliphatic rings. The van der Waals surface area contributed by atoms with Crippen LogP contribution >= 0.6 is 0 Å². The molecule has 0 atom stereocenters. The van der Waals surface area contributed by atoms with E-state index >= 15 is 0 Å². The van der Waals surface area contributed by atoms with Gasteiger partial charge in [-0.15, -0.1) is 0 Å². The summed E-state index contributed by atoms with van der Waals surface area (Å²) in [5.41, 5.74) is 0. The van der Waals surface area contributed by atoms with Crippen LogP contribution in [-0.4, -0.2) is 22.2 Å². The fourth-order valence-electron chi connectivity index (χ4n) is 0. The fraction of sp³-hybridized carbons (Fsp3) is 0. The van der Waals surface area contributed by atoms with Crippen molar-refractivity contribution < 1.29 is 39.3 Å². The van der Waals surface area contributed by atoms with Gasteiger partial charge in [-0.1, -0.05) is 0 Å². The molecule has 0 amide bonds. The molecule has 0 aromatic carbocycles. The third-order valence-electron chi connectivity index (χ3n) is 0.191. The first kappa shape index (κ1) is 16.3. The van der Waals surface area contributed by atoms with Crippen LogP contribution in [0.4, 0.5) is 0 Å². The predicted octanol–water partition coefficient (Wildman–Crippen LogP) is -0.813. The summed E-state index contributed by atoms with van der Waals surface area (Å²) < 4.78 is 0. The molecule has 0 aliphatic heterocycles. The molecule has 0 saturated carbocycles. The summed E-state index contributed by atoms with van der Waals surface area (Å²) in [6.07, 6.45) is 0. The molecule has 0 rings (SSSR count). The van der Waals surface area contributed by atoms with Gasteiger partial charge in [0.1, 0.15) is 0 Å². The monoisotopic (exact) mass is 206 g/mol.